The van der Waals surface area contributed by atoms with Gasteiger partial charge < -0.3 is 14.6 Å². The first-order valence-corrected chi connectivity index (χ1v) is 12.9. The molecule has 1 spiro atoms. The fraction of sp³-hybridized carbons (Fsp3) is 0.414. The summed E-state index contributed by atoms with van der Waals surface area (Å²) in [4.78, 5) is 30.4. The van der Waals surface area contributed by atoms with E-state index in [0.29, 0.717) is 31.6 Å². The number of benzene rings is 1. The van der Waals surface area contributed by atoms with Gasteiger partial charge in [-0.3, -0.25) is 4.90 Å². The average molecular weight is 523 g/mol. The number of carboxylic acid groups (broad SMARTS) is 1. The number of hydrogen-bond donors (Lipinski definition) is 1. The highest BCUT2D eigenvalue weighted by Gasteiger charge is 2.58. The molecule has 1 aliphatic carbocycles. The molecule has 0 saturated carbocycles. The minimum absolute atomic E-state index is 0.0868. The number of likely N-dealkylation sites (N-methyl/N-ethyl adjacent to an activating group) is 1. The fourth-order valence-electron chi connectivity index (χ4n) is 5.87. The van der Waals surface area contributed by atoms with Gasteiger partial charge >= 0.3 is 12.1 Å². The van der Waals surface area contributed by atoms with E-state index in [4.69, 9.17) is 9.47 Å². The molecule has 0 bridgehead atoms. The molecule has 2 aromatic rings. The summed E-state index contributed by atoms with van der Waals surface area (Å²) in [6.45, 7) is 3.38. The number of amides is 1. The minimum atomic E-state index is -0.910. The molecular weight excluding hydrogens is 489 g/mol. The van der Waals surface area contributed by atoms with Gasteiger partial charge in [0.25, 0.3) is 0 Å². The van der Waals surface area contributed by atoms with Crippen LogP contribution in [0.1, 0.15) is 36.8 Å². The van der Waals surface area contributed by atoms with Gasteiger partial charge in [-0.2, -0.15) is 13.7 Å². The second-order valence-corrected chi connectivity index (χ2v) is 10.6. The number of carbonyl (C=O) groups is 2. The normalized spacial score (nSPS) is 23.2. The number of ether oxygens (including phenoxy) is 2. The standard InChI is InChI=1S/C29H32FN3O5/c1-33(24-7-4-21(5-8-24)27(34)35)19-29(38-28(33)36)11-13-32(14-12-29)17-20-3-9-25(23(15-20)18-37-2)22-6-10-26(30)31-16-22/h3-4,6-7,9-10,15-16H,5,8,11-14,17-19H2,1-2H3/p+1. The number of quaternary nitrogens is 1. The Kier molecular flexibility index (Phi) is 7.17. The van der Waals surface area contributed by atoms with Crippen molar-refractivity contribution >= 4 is 12.1 Å². The molecule has 2 fully saturated rings. The molecule has 1 N–H and O–H groups in total. The number of allylic oxidation sites excluding steroid dienone is 3. The lowest BCUT2D eigenvalue weighted by Crippen LogP contribution is -2.50. The van der Waals surface area contributed by atoms with E-state index >= 15 is 0 Å². The van der Waals surface area contributed by atoms with E-state index in [1.165, 1.54) is 12.3 Å². The number of halogens is 1. The minimum Gasteiger partial charge on any atom is -0.478 e. The molecule has 0 radical (unpaired) electrons. The zero-order valence-electron chi connectivity index (χ0n) is 21.8. The van der Waals surface area contributed by atoms with Gasteiger partial charge in [0.05, 0.1) is 13.7 Å². The molecular formula is C29H33FN3O5+. The molecule has 8 nitrogen and oxygen atoms in total. The predicted octanol–water partition coefficient (Wildman–Crippen LogP) is 4.65. The maximum atomic E-state index is 13.3. The average Bonchev–Trinajstić information content (AvgIpc) is 3.16. The van der Waals surface area contributed by atoms with E-state index < -0.39 is 17.5 Å². The summed E-state index contributed by atoms with van der Waals surface area (Å²) in [5.41, 5.74) is 4.76. The van der Waals surface area contributed by atoms with Gasteiger partial charge in [0.1, 0.15) is 12.2 Å². The first-order chi connectivity index (χ1) is 18.2. The lowest BCUT2D eigenvalue weighted by molar-refractivity contribution is -0.786. The van der Waals surface area contributed by atoms with Crippen molar-refractivity contribution in [2.45, 2.75) is 44.4 Å². The number of piperidine rings is 1. The van der Waals surface area contributed by atoms with Gasteiger partial charge in [0.15, 0.2) is 5.60 Å². The van der Waals surface area contributed by atoms with Crippen molar-refractivity contribution in [3.05, 3.63) is 77.0 Å². The molecule has 1 atom stereocenters. The lowest BCUT2D eigenvalue weighted by atomic mass is 9.89. The molecule has 9 heteroatoms. The van der Waals surface area contributed by atoms with Crippen molar-refractivity contribution in [3.8, 4) is 11.1 Å². The molecule has 2 saturated heterocycles. The van der Waals surface area contributed by atoms with Crippen LogP contribution >= 0.6 is 0 Å². The van der Waals surface area contributed by atoms with E-state index in [1.807, 2.05) is 13.1 Å². The summed E-state index contributed by atoms with van der Waals surface area (Å²) in [6, 6.07) is 9.33. The Balaban J connectivity index is 1.25. The monoisotopic (exact) mass is 522 g/mol. The van der Waals surface area contributed by atoms with Crippen LogP contribution in [0.3, 0.4) is 0 Å². The summed E-state index contributed by atoms with van der Waals surface area (Å²) in [6.07, 6.45) is 7.14. The van der Waals surface area contributed by atoms with Crippen LogP contribution in [0.2, 0.25) is 0 Å². The van der Waals surface area contributed by atoms with Crippen molar-refractivity contribution in [1.29, 1.82) is 0 Å². The largest absolute Gasteiger partial charge is 0.521 e. The van der Waals surface area contributed by atoms with Crippen molar-refractivity contribution < 1.29 is 33.0 Å². The summed E-state index contributed by atoms with van der Waals surface area (Å²) < 4.78 is 24.8. The van der Waals surface area contributed by atoms with Gasteiger partial charge in [-0.15, -0.1) is 0 Å². The van der Waals surface area contributed by atoms with Crippen LogP contribution in [0.15, 0.2) is 60.0 Å². The Hall–Kier alpha value is -3.40. The third-order valence-electron chi connectivity index (χ3n) is 8.03. The van der Waals surface area contributed by atoms with E-state index in [-0.39, 0.29) is 10.6 Å². The molecule has 3 heterocycles. The van der Waals surface area contributed by atoms with Crippen molar-refractivity contribution in [1.82, 2.24) is 9.88 Å². The van der Waals surface area contributed by atoms with Gasteiger partial charge in [0.2, 0.25) is 5.95 Å². The second kappa shape index (κ2) is 10.4. The smallest absolute Gasteiger partial charge is 0.478 e. The molecule has 1 unspecified atom stereocenters. The number of aliphatic carboxylic acids is 1. The maximum absolute atomic E-state index is 13.3. The topological polar surface area (TPSA) is 89.0 Å². The van der Waals surface area contributed by atoms with Crippen LogP contribution in [-0.4, -0.2) is 70.9 Å². The zero-order valence-corrected chi connectivity index (χ0v) is 21.8. The molecule has 2 aliphatic heterocycles. The number of nitrogens with zero attached hydrogens (tertiary/aromatic N) is 3. The van der Waals surface area contributed by atoms with Crippen LogP contribution in [0.5, 0.6) is 0 Å². The highest BCUT2D eigenvalue weighted by molar-refractivity contribution is 5.87. The van der Waals surface area contributed by atoms with Gasteiger partial charge in [-0.05, 0) is 47.4 Å². The number of carboxylic acids is 1. The highest BCUT2D eigenvalue weighted by Crippen LogP contribution is 2.41. The Morgan fingerprint density at radius 3 is 2.63 bits per heavy atom. The zero-order chi connectivity index (χ0) is 26.9. The van der Waals surface area contributed by atoms with E-state index in [0.717, 1.165) is 60.4 Å². The number of pyridine rings is 1. The Morgan fingerprint density at radius 2 is 2.00 bits per heavy atom. The molecule has 1 amide bonds. The van der Waals surface area contributed by atoms with E-state index in [2.05, 4.69) is 22.0 Å². The third-order valence-corrected chi connectivity index (χ3v) is 8.03. The number of aromatic nitrogens is 1. The highest BCUT2D eigenvalue weighted by atomic mass is 19.1. The second-order valence-electron chi connectivity index (χ2n) is 10.6. The molecule has 3 aliphatic rings. The van der Waals surface area contributed by atoms with Gasteiger partial charge in [0, 0.05) is 63.3 Å². The van der Waals surface area contributed by atoms with Crippen molar-refractivity contribution in [2.24, 2.45) is 0 Å². The Labute approximate surface area is 221 Å². The quantitative estimate of drug-likeness (QED) is 0.418. The SMILES string of the molecule is COCc1cc(CN2CCC3(CC2)C[N+](C)(C2=CC=C(C(=O)O)CC2)C(=O)O3)ccc1-c1ccc(F)nc1. The molecule has 1 aromatic carbocycles. The van der Waals surface area contributed by atoms with Crippen molar-refractivity contribution in [3.63, 3.8) is 0 Å². The first-order valence-electron chi connectivity index (χ1n) is 12.9. The predicted molar refractivity (Wildman–Crippen MR) is 138 cm³/mol. The summed E-state index contributed by atoms with van der Waals surface area (Å²) in [5.74, 6) is -1.42. The van der Waals surface area contributed by atoms with Crippen LogP contribution in [0, 0.1) is 5.95 Å². The number of methoxy groups -OCH3 is 1. The van der Waals surface area contributed by atoms with Gasteiger partial charge in [-0.1, -0.05) is 18.2 Å². The van der Waals surface area contributed by atoms with E-state index in [9.17, 15) is 19.1 Å². The van der Waals surface area contributed by atoms with Crippen LogP contribution in [0.4, 0.5) is 9.18 Å². The lowest BCUT2D eigenvalue weighted by Gasteiger charge is -2.37. The summed E-state index contributed by atoms with van der Waals surface area (Å²) in [5, 5.41) is 9.23. The number of carbonyl (C=O) groups excluding carboxylic acids is 1. The van der Waals surface area contributed by atoms with Crippen molar-refractivity contribution in [2.75, 3.05) is 33.8 Å². The molecule has 38 heavy (non-hydrogen) atoms. The number of likely N-dealkylation sites (tertiary alicyclic amines) is 1. The summed E-state index contributed by atoms with van der Waals surface area (Å²) >= 11 is 0. The fourth-order valence-corrected chi connectivity index (χ4v) is 5.87. The number of hydrogen-bond acceptors (Lipinski definition) is 6. The van der Waals surface area contributed by atoms with E-state index in [1.54, 1.807) is 25.3 Å². The molecule has 1 aromatic heterocycles. The number of rotatable bonds is 7. The third kappa shape index (κ3) is 5.14. The van der Waals surface area contributed by atoms with Crippen LogP contribution < -0.4 is 0 Å². The molecule has 5 rings (SSSR count). The molecule has 200 valence electrons. The Morgan fingerprint density at radius 1 is 1.21 bits per heavy atom. The maximum Gasteiger partial charge on any atom is 0.521 e. The first kappa shape index (κ1) is 26.2. The van der Waals surface area contributed by atoms with Crippen LogP contribution in [-0.2, 0) is 27.4 Å². The van der Waals surface area contributed by atoms with Crippen LogP contribution in [0.25, 0.3) is 11.1 Å². The Bertz CT molecular complexity index is 1300. The summed E-state index contributed by atoms with van der Waals surface area (Å²) in [7, 11) is 3.54. The van der Waals surface area contributed by atoms with Gasteiger partial charge in [-0.25, -0.2) is 9.78 Å².